The molecule has 0 radical (unpaired) electrons. The van der Waals surface area contributed by atoms with Crippen LogP contribution in [-0.4, -0.2) is 91.6 Å². The third-order valence-electron chi connectivity index (χ3n) is 10.5. The van der Waals surface area contributed by atoms with Gasteiger partial charge in [-0.3, -0.25) is 9.59 Å². The fraction of sp³-hybridized carbons (Fsp3) is 0.500. The number of ether oxygens (including phenoxy) is 2. The van der Waals surface area contributed by atoms with Crippen molar-refractivity contribution in [2.45, 2.75) is 89.6 Å². The highest BCUT2D eigenvalue weighted by molar-refractivity contribution is 9.10. The molecule has 2 aliphatic rings. The molecule has 4 N–H and O–H groups in total. The van der Waals surface area contributed by atoms with E-state index in [-0.39, 0.29) is 23.9 Å². The maximum Gasteiger partial charge on any atom is 0.241 e. The highest BCUT2D eigenvalue weighted by atomic mass is 79.9. The SMILES string of the molecule is CCCC[C@H]1c2nc(-c3ccccc3OC)c(Br)n2CCN1C(=O)[C@@H](N)CSSC[C@H](N)C(=O)N1CCn2c(nc(-c3ccccc3OC)c2Br)[C@@H]1CCCC. The zero-order chi connectivity index (χ0) is 39.9. The van der Waals surface area contributed by atoms with Gasteiger partial charge in [0.1, 0.15) is 43.7 Å². The Morgan fingerprint density at radius 2 is 1.11 bits per heavy atom. The van der Waals surface area contributed by atoms with Crippen LogP contribution in [0.25, 0.3) is 22.5 Å². The number of nitrogens with zero attached hydrogens (tertiary/aromatic N) is 6. The lowest BCUT2D eigenvalue weighted by molar-refractivity contribution is -0.136. The summed E-state index contributed by atoms with van der Waals surface area (Å²) in [5.74, 6) is 3.79. The zero-order valence-corrected chi connectivity index (χ0v) is 37.3. The van der Waals surface area contributed by atoms with E-state index >= 15 is 0 Å². The van der Waals surface area contributed by atoms with Gasteiger partial charge in [-0.25, -0.2) is 9.97 Å². The van der Waals surface area contributed by atoms with E-state index in [1.165, 1.54) is 21.6 Å². The molecule has 56 heavy (non-hydrogen) atoms. The van der Waals surface area contributed by atoms with Crippen LogP contribution in [0.15, 0.2) is 57.7 Å². The molecule has 302 valence electrons. The Hall–Kier alpha value is -3.02. The number of para-hydroxylation sites is 2. The molecule has 0 saturated heterocycles. The number of carbonyl (C=O) groups excluding carboxylic acids is 2. The number of rotatable bonds is 17. The van der Waals surface area contributed by atoms with Crippen molar-refractivity contribution in [3.63, 3.8) is 0 Å². The van der Waals surface area contributed by atoms with Gasteiger partial charge in [0.25, 0.3) is 0 Å². The van der Waals surface area contributed by atoms with Crippen molar-refractivity contribution < 1.29 is 19.1 Å². The second-order valence-electron chi connectivity index (χ2n) is 14.1. The first-order chi connectivity index (χ1) is 27.1. The monoisotopic (exact) mass is 930 g/mol. The number of hydrogen-bond acceptors (Lipinski definition) is 10. The third-order valence-corrected chi connectivity index (χ3v) is 14.6. The number of amides is 2. The number of aromatic nitrogens is 4. The van der Waals surface area contributed by atoms with Crippen molar-refractivity contribution in [2.24, 2.45) is 11.5 Å². The second kappa shape index (κ2) is 19.6. The molecule has 16 heteroatoms. The number of imidazole rings is 2. The largest absolute Gasteiger partial charge is 0.496 e. The highest BCUT2D eigenvalue weighted by Gasteiger charge is 2.38. The number of benzene rings is 2. The zero-order valence-electron chi connectivity index (χ0n) is 32.5. The predicted octanol–water partition coefficient (Wildman–Crippen LogP) is 7.84. The average Bonchev–Trinajstić information content (AvgIpc) is 3.75. The minimum Gasteiger partial charge on any atom is -0.496 e. The van der Waals surface area contributed by atoms with E-state index in [4.69, 9.17) is 30.9 Å². The molecule has 2 aliphatic heterocycles. The number of halogens is 2. The Balaban J connectivity index is 1.08. The second-order valence-corrected chi connectivity index (χ2v) is 18.1. The number of unbranched alkanes of at least 4 members (excludes halogenated alkanes) is 2. The summed E-state index contributed by atoms with van der Waals surface area (Å²) in [6, 6.07) is 13.8. The fourth-order valence-electron chi connectivity index (χ4n) is 7.57. The summed E-state index contributed by atoms with van der Waals surface area (Å²) in [6.07, 6.45) is 5.48. The molecule has 6 rings (SSSR count). The number of methoxy groups -OCH3 is 2. The van der Waals surface area contributed by atoms with Gasteiger partial charge in [0.2, 0.25) is 11.8 Å². The molecule has 0 saturated carbocycles. The topological polar surface area (TPSA) is 147 Å². The molecular weight excluding hydrogens is 880 g/mol. The van der Waals surface area contributed by atoms with E-state index in [2.05, 4.69) is 54.8 Å². The minimum atomic E-state index is -0.711. The molecular formula is C40H52Br2N8O4S2. The first-order valence-electron chi connectivity index (χ1n) is 19.3. The smallest absolute Gasteiger partial charge is 0.241 e. The van der Waals surface area contributed by atoms with Gasteiger partial charge in [0, 0.05) is 48.8 Å². The van der Waals surface area contributed by atoms with Gasteiger partial charge in [0.05, 0.1) is 38.4 Å². The summed E-state index contributed by atoms with van der Waals surface area (Å²) in [6.45, 7) is 6.58. The van der Waals surface area contributed by atoms with Gasteiger partial charge in [-0.05, 0) is 69.0 Å². The van der Waals surface area contributed by atoms with Crippen LogP contribution in [0.2, 0.25) is 0 Å². The van der Waals surface area contributed by atoms with Crippen LogP contribution in [0.5, 0.6) is 11.5 Å². The first-order valence-corrected chi connectivity index (χ1v) is 23.4. The van der Waals surface area contributed by atoms with Gasteiger partial charge in [-0.1, -0.05) is 85.4 Å². The number of hydrogen-bond donors (Lipinski definition) is 2. The van der Waals surface area contributed by atoms with Crippen LogP contribution >= 0.6 is 53.4 Å². The van der Waals surface area contributed by atoms with Crippen LogP contribution < -0.4 is 20.9 Å². The van der Waals surface area contributed by atoms with E-state index in [9.17, 15) is 9.59 Å². The maximum atomic E-state index is 14.0. The Labute approximate surface area is 354 Å². The molecule has 0 fully saturated rings. The van der Waals surface area contributed by atoms with E-state index in [0.717, 1.165) is 93.4 Å². The van der Waals surface area contributed by atoms with Crippen LogP contribution in [0, 0.1) is 0 Å². The predicted molar refractivity (Wildman–Crippen MR) is 233 cm³/mol. The standard InChI is InChI=1S/C40H52Br2N8O4S2/c1-5-7-15-29-37-45-33(25-13-9-11-17-31(25)53-3)35(41)49(37)21-19-47(29)39(51)27(43)23-55-56-24-28(44)40(52)48-20-22-50-36(42)34(26-14-10-12-18-32(26)54-4)46-38(50)30(48)16-8-6-2/h9-14,17-18,27-30H,5-8,15-16,19-24,43-44H2,1-4H3/t27-,28-,29-,30-/m0/s1. The van der Waals surface area contributed by atoms with Gasteiger partial charge in [-0.15, -0.1) is 0 Å². The molecule has 0 bridgehead atoms. The summed E-state index contributed by atoms with van der Waals surface area (Å²) < 4.78 is 17.4. The number of fused-ring (bicyclic) bond motifs is 2. The molecule has 0 aliphatic carbocycles. The van der Waals surface area contributed by atoms with E-state index < -0.39 is 12.1 Å². The lowest BCUT2D eigenvalue weighted by Gasteiger charge is -2.38. The molecule has 12 nitrogen and oxygen atoms in total. The van der Waals surface area contributed by atoms with Crippen molar-refractivity contribution in [1.29, 1.82) is 0 Å². The summed E-state index contributed by atoms with van der Waals surface area (Å²) >= 11 is 7.62. The van der Waals surface area contributed by atoms with Gasteiger partial charge >= 0.3 is 0 Å². The molecule has 4 atom stereocenters. The third kappa shape index (κ3) is 8.85. The maximum absolute atomic E-state index is 14.0. The summed E-state index contributed by atoms with van der Waals surface area (Å²) in [4.78, 5) is 42.0. The molecule has 4 aromatic rings. The van der Waals surface area contributed by atoms with Crippen LogP contribution in [0.4, 0.5) is 0 Å². The van der Waals surface area contributed by atoms with Crippen molar-refractivity contribution >= 4 is 65.3 Å². The Kier molecular flexibility index (Phi) is 14.9. The summed E-state index contributed by atoms with van der Waals surface area (Å²) in [5, 5.41) is 0. The molecule has 2 aromatic heterocycles. The lowest BCUT2D eigenvalue weighted by atomic mass is 10.0. The van der Waals surface area contributed by atoms with E-state index in [0.29, 0.717) is 37.7 Å². The van der Waals surface area contributed by atoms with E-state index in [1.807, 2.05) is 58.3 Å². The minimum absolute atomic E-state index is 0.0926. The van der Waals surface area contributed by atoms with Crippen LogP contribution in [0.1, 0.15) is 76.1 Å². The summed E-state index contributed by atoms with van der Waals surface area (Å²) in [5.41, 5.74) is 16.6. The fourth-order valence-corrected chi connectivity index (χ4v) is 11.1. The van der Waals surface area contributed by atoms with Crippen LogP contribution in [0.3, 0.4) is 0 Å². The molecule has 0 spiro atoms. The Bertz CT molecular complexity index is 1850. The molecule has 2 amide bonds. The quantitative estimate of drug-likeness (QED) is 0.0794. The van der Waals surface area contributed by atoms with Crippen molar-refractivity contribution in [3.8, 4) is 34.0 Å². The lowest BCUT2D eigenvalue weighted by Crippen LogP contribution is -2.50. The molecule has 2 aromatic carbocycles. The van der Waals surface area contributed by atoms with Gasteiger partial charge in [0.15, 0.2) is 0 Å². The van der Waals surface area contributed by atoms with Crippen molar-refractivity contribution in [2.75, 3.05) is 38.8 Å². The Morgan fingerprint density at radius 1 is 0.714 bits per heavy atom. The van der Waals surface area contributed by atoms with E-state index in [1.54, 1.807) is 14.2 Å². The molecule has 0 unspecified atom stereocenters. The Morgan fingerprint density at radius 3 is 1.48 bits per heavy atom. The number of carbonyl (C=O) groups is 2. The highest BCUT2D eigenvalue weighted by Crippen LogP contribution is 2.42. The number of nitrogens with two attached hydrogens (primary N) is 2. The summed E-state index contributed by atoms with van der Waals surface area (Å²) in [7, 11) is 6.28. The van der Waals surface area contributed by atoms with Gasteiger partial charge < -0.3 is 39.9 Å². The first kappa shape index (κ1) is 42.6. The van der Waals surface area contributed by atoms with Crippen LogP contribution in [-0.2, 0) is 22.7 Å². The molecule has 4 heterocycles. The normalized spacial score (nSPS) is 17.6. The van der Waals surface area contributed by atoms with Crippen molar-refractivity contribution in [1.82, 2.24) is 28.9 Å². The van der Waals surface area contributed by atoms with Crippen molar-refractivity contribution in [3.05, 3.63) is 69.4 Å². The average molecular weight is 933 g/mol. The van der Waals surface area contributed by atoms with Gasteiger partial charge in [-0.2, -0.15) is 0 Å².